The minimum atomic E-state index is -0.136. The zero-order valence-corrected chi connectivity index (χ0v) is 16.0. The monoisotopic (exact) mass is 388 g/mol. The molecule has 2 amide bonds. The maximum atomic E-state index is 12.4. The summed E-state index contributed by atoms with van der Waals surface area (Å²) in [5.41, 5.74) is 0. The molecule has 1 saturated heterocycles. The zero-order valence-electron chi connectivity index (χ0n) is 16.0. The van der Waals surface area contributed by atoms with Crippen LogP contribution in [-0.4, -0.2) is 53.7 Å². The molecule has 0 aliphatic carbocycles. The molecule has 2 heterocycles. The van der Waals surface area contributed by atoms with E-state index in [2.05, 4.69) is 15.5 Å². The molecule has 9 heteroatoms. The third-order valence-electron chi connectivity index (χ3n) is 4.62. The first-order valence-corrected chi connectivity index (χ1v) is 9.17. The fraction of sp³-hybridized carbons (Fsp3) is 0.474. The molecule has 1 aromatic carbocycles. The summed E-state index contributed by atoms with van der Waals surface area (Å²) in [6.07, 6.45) is 1.21. The largest absolute Gasteiger partial charge is 0.493 e. The summed E-state index contributed by atoms with van der Waals surface area (Å²) in [5, 5.41) is 6.49. The minimum absolute atomic E-state index is 0.0618. The number of para-hydroxylation sites is 2. The van der Waals surface area contributed by atoms with Crippen LogP contribution in [0, 0.1) is 12.8 Å². The number of ether oxygens (including phenoxy) is 2. The highest BCUT2D eigenvalue weighted by atomic mass is 16.5. The second kappa shape index (κ2) is 9.20. The van der Waals surface area contributed by atoms with Gasteiger partial charge in [0.15, 0.2) is 23.9 Å². The summed E-state index contributed by atoms with van der Waals surface area (Å²) in [5.74, 6) is 1.73. The van der Waals surface area contributed by atoms with Gasteiger partial charge in [-0.3, -0.25) is 9.59 Å². The van der Waals surface area contributed by atoms with Crippen molar-refractivity contribution in [2.24, 2.45) is 5.92 Å². The predicted molar refractivity (Wildman–Crippen MR) is 98.7 cm³/mol. The van der Waals surface area contributed by atoms with Crippen molar-refractivity contribution in [2.75, 3.05) is 26.8 Å². The Morgan fingerprint density at radius 3 is 2.61 bits per heavy atom. The molecule has 1 fully saturated rings. The van der Waals surface area contributed by atoms with Gasteiger partial charge in [-0.1, -0.05) is 17.3 Å². The molecule has 0 saturated carbocycles. The van der Waals surface area contributed by atoms with Crippen molar-refractivity contribution in [3.05, 3.63) is 36.0 Å². The van der Waals surface area contributed by atoms with E-state index in [1.165, 1.54) is 0 Å². The Hall–Kier alpha value is -3.10. The molecule has 9 nitrogen and oxygen atoms in total. The zero-order chi connectivity index (χ0) is 19.9. The number of aryl methyl sites for hydroxylation is 1. The van der Waals surface area contributed by atoms with Crippen LogP contribution in [0.15, 0.2) is 28.8 Å². The van der Waals surface area contributed by atoms with Gasteiger partial charge in [-0.15, -0.1) is 0 Å². The van der Waals surface area contributed by atoms with Crippen LogP contribution in [0.1, 0.15) is 24.6 Å². The number of aromatic nitrogens is 2. The fourth-order valence-electron chi connectivity index (χ4n) is 3.08. The maximum absolute atomic E-state index is 12.4. The van der Waals surface area contributed by atoms with Crippen LogP contribution < -0.4 is 14.8 Å². The number of benzene rings is 1. The van der Waals surface area contributed by atoms with Crippen molar-refractivity contribution < 1.29 is 23.6 Å². The van der Waals surface area contributed by atoms with Crippen LogP contribution in [0.2, 0.25) is 0 Å². The molecule has 150 valence electrons. The average Bonchev–Trinajstić information content (AvgIpc) is 3.15. The molecule has 2 aromatic rings. The van der Waals surface area contributed by atoms with Crippen molar-refractivity contribution in [1.82, 2.24) is 20.4 Å². The van der Waals surface area contributed by atoms with Gasteiger partial charge < -0.3 is 24.2 Å². The molecule has 3 rings (SSSR count). The molecule has 1 N–H and O–H groups in total. The first-order valence-electron chi connectivity index (χ1n) is 9.17. The number of amides is 2. The lowest BCUT2D eigenvalue weighted by Crippen LogP contribution is -2.44. The van der Waals surface area contributed by atoms with Crippen LogP contribution in [-0.2, 0) is 16.1 Å². The van der Waals surface area contributed by atoms with Gasteiger partial charge in [-0.05, 0) is 31.9 Å². The number of carbonyl (C=O) groups is 2. The van der Waals surface area contributed by atoms with Crippen LogP contribution in [0.3, 0.4) is 0 Å². The first-order chi connectivity index (χ1) is 13.6. The SMILES string of the molecule is COc1ccccc1OCC(=O)N1CCC(C(=O)NCc2nc(C)no2)CC1. The molecular formula is C19H24N4O5. The molecule has 1 aliphatic heterocycles. The number of rotatable bonds is 7. The number of hydrogen-bond acceptors (Lipinski definition) is 7. The number of carbonyl (C=O) groups excluding carboxylic acids is 2. The number of likely N-dealkylation sites (tertiary alicyclic amines) is 1. The van der Waals surface area contributed by atoms with Crippen LogP contribution in [0.4, 0.5) is 0 Å². The Morgan fingerprint density at radius 2 is 1.96 bits per heavy atom. The lowest BCUT2D eigenvalue weighted by atomic mass is 9.96. The normalized spacial score (nSPS) is 14.6. The van der Waals surface area contributed by atoms with E-state index in [9.17, 15) is 9.59 Å². The van der Waals surface area contributed by atoms with Crippen LogP contribution in [0.25, 0.3) is 0 Å². The van der Waals surface area contributed by atoms with Crippen molar-refractivity contribution in [1.29, 1.82) is 0 Å². The number of piperidine rings is 1. The Bertz CT molecular complexity index is 814. The summed E-state index contributed by atoms with van der Waals surface area (Å²) in [4.78, 5) is 30.5. The van der Waals surface area contributed by atoms with E-state index >= 15 is 0 Å². The van der Waals surface area contributed by atoms with Gasteiger partial charge in [-0.25, -0.2) is 0 Å². The molecule has 1 aromatic heterocycles. The third kappa shape index (κ3) is 4.99. The van der Waals surface area contributed by atoms with Crippen molar-refractivity contribution in [3.63, 3.8) is 0 Å². The van der Waals surface area contributed by atoms with Crippen LogP contribution in [0.5, 0.6) is 11.5 Å². The summed E-state index contributed by atoms with van der Waals surface area (Å²) in [7, 11) is 1.56. The van der Waals surface area contributed by atoms with E-state index in [0.29, 0.717) is 49.1 Å². The van der Waals surface area contributed by atoms with E-state index in [0.717, 1.165) is 0 Å². The minimum Gasteiger partial charge on any atom is -0.493 e. The summed E-state index contributed by atoms with van der Waals surface area (Å²) in [6, 6.07) is 7.19. The second-order valence-corrected chi connectivity index (χ2v) is 6.55. The topological polar surface area (TPSA) is 107 Å². The Morgan fingerprint density at radius 1 is 1.25 bits per heavy atom. The van der Waals surface area contributed by atoms with E-state index in [4.69, 9.17) is 14.0 Å². The number of nitrogens with one attached hydrogen (secondary N) is 1. The van der Waals surface area contributed by atoms with Gasteiger partial charge in [0.05, 0.1) is 13.7 Å². The molecule has 28 heavy (non-hydrogen) atoms. The number of methoxy groups -OCH3 is 1. The second-order valence-electron chi connectivity index (χ2n) is 6.55. The van der Waals surface area contributed by atoms with Gasteiger partial charge in [0.25, 0.3) is 5.91 Å². The van der Waals surface area contributed by atoms with Crippen molar-refractivity contribution >= 4 is 11.8 Å². The maximum Gasteiger partial charge on any atom is 0.260 e. The van der Waals surface area contributed by atoms with Crippen LogP contribution >= 0.6 is 0 Å². The van der Waals surface area contributed by atoms with Gasteiger partial charge >= 0.3 is 0 Å². The Balaban J connectivity index is 1.41. The summed E-state index contributed by atoms with van der Waals surface area (Å²) >= 11 is 0. The van der Waals surface area contributed by atoms with E-state index in [1.807, 2.05) is 12.1 Å². The van der Waals surface area contributed by atoms with Gasteiger partial charge in [0.2, 0.25) is 11.8 Å². The quantitative estimate of drug-likeness (QED) is 0.762. The average molecular weight is 388 g/mol. The summed E-state index contributed by atoms with van der Waals surface area (Å²) < 4.78 is 15.8. The lowest BCUT2D eigenvalue weighted by molar-refractivity contribution is -0.137. The fourth-order valence-corrected chi connectivity index (χ4v) is 3.08. The lowest BCUT2D eigenvalue weighted by Gasteiger charge is -2.31. The molecule has 0 atom stereocenters. The number of nitrogens with zero attached hydrogens (tertiary/aromatic N) is 3. The highest BCUT2D eigenvalue weighted by Gasteiger charge is 2.27. The summed E-state index contributed by atoms with van der Waals surface area (Å²) in [6.45, 7) is 2.91. The molecule has 0 unspecified atom stereocenters. The van der Waals surface area contributed by atoms with Gasteiger partial charge in [0, 0.05) is 19.0 Å². The molecule has 0 bridgehead atoms. The standard InChI is InChI=1S/C19H24N4O5/c1-13-21-17(28-22-13)11-20-19(25)14-7-9-23(10-8-14)18(24)12-27-16-6-4-3-5-15(16)26-2/h3-6,14H,7-12H2,1-2H3,(H,20,25). The molecule has 0 spiro atoms. The predicted octanol–water partition coefficient (Wildman–Crippen LogP) is 1.32. The smallest absolute Gasteiger partial charge is 0.260 e. The highest BCUT2D eigenvalue weighted by Crippen LogP contribution is 2.26. The van der Waals surface area contributed by atoms with Gasteiger partial charge in [0.1, 0.15) is 0 Å². The number of hydrogen-bond donors (Lipinski definition) is 1. The molecule has 1 aliphatic rings. The molecule has 0 radical (unpaired) electrons. The van der Waals surface area contributed by atoms with Gasteiger partial charge in [-0.2, -0.15) is 4.98 Å². The highest BCUT2D eigenvalue weighted by molar-refractivity contribution is 5.80. The van der Waals surface area contributed by atoms with Crippen molar-refractivity contribution in [3.8, 4) is 11.5 Å². The van der Waals surface area contributed by atoms with E-state index in [1.54, 1.807) is 31.1 Å². The van der Waals surface area contributed by atoms with E-state index in [-0.39, 0.29) is 30.9 Å². The Kier molecular flexibility index (Phi) is 6.46. The Labute approximate surface area is 163 Å². The van der Waals surface area contributed by atoms with Crippen molar-refractivity contribution in [2.45, 2.75) is 26.3 Å². The third-order valence-corrected chi connectivity index (χ3v) is 4.62. The molecular weight excluding hydrogens is 364 g/mol. The van der Waals surface area contributed by atoms with E-state index < -0.39 is 0 Å². The first kappa shape index (κ1) is 19.7.